The average Bonchev–Trinajstić information content (AvgIpc) is 2.47. The molecule has 3 rings (SSSR count). The number of carboxylic acids is 1. The van der Waals surface area contributed by atoms with Crippen LogP contribution in [0.4, 0.5) is 0 Å². The second-order valence-corrected chi connectivity index (χ2v) is 4.11. The Balaban J connectivity index is 2.07. The molecule has 2 heterocycles. The van der Waals surface area contributed by atoms with Gasteiger partial charge >= 0.3 is 5.97 Å². The molecule has 1 aliphatic rings. The van der Waals surface area contributed by atoms with Crippen molar-refractivity contribution in [1.82, 2.24) is 9.78 Å². The van der Waals surface area contributed by atoms with Gasteiger partial charge in [0.2, 0.25) is 11.1 Å². The Morgan fingerprint density at radius 2 is 1.95 bits per heavy atom. The maximum atomic E-state index is 11.4. The maximum Gasteiger partial charge on any atom is 0.360 e. The van der Waals surface area contributed by atoms with Crippen molar-refractivity contribution in [3.05, 3.63) is 46.4 Å². The molecule has 0 radical (unpaired) electrons. The fraction of sp³-hybridized carbons (Fsp3) is 0.154. The molecule has 20 heavy (non-hydrogen) atoms. The van der Waals surface area contributed by atoms with Crippen LogP contribution in [-0.2, 0) is 0 Å². The zero-order chi connectivity index (χ0) is 14.1. The molecule has 0 spiro atoms. The second kappa shape index (κ2) is 4.69. The normalized spacial score (nSPS) is 13.0. The summed E-state index contributed by atoms with van der Waals surface area (Å²) in [4.78, 5) is 22.3. The lowest BCUT2D eigenvalue weighted by Crippen LogP contribution is -2.20. The van der Waals surface area contributed by atoms with Crippen molar-refractivity contribution in [3.8, 4) is 17.2 Å². The largest absolute Gasteiger partial charge is 0.486 e. The van der Waals surface area contributed by atoms with Crippen molar-refractivity contribution in [1.29, 1.82) is 0 Å². The molecule has 2 aromatic rings. The topological polar surface area (TPSA) is 90.7 Å². The van der Waals surface area contributed by atoms with Gasteiger partial charge in [0.1, 0.15) is 13.2 Å². The molecule has 1 N–H and O–H groups in total. The van der Waals surface area contributed by atoms with Gasteiger partial charge in [-0.1, -0.05) is 0 Å². The first kappa shape index (κ1) is 12.2. The van der Waals surface area contributed by atoms with Crippen molar-refractivity contribution >= 4 is 5.97 Å². The molecule has 0 bridgehead atoms. The van der Waals surface area contributed by atoms with Crippen LogP contribution in [0.5, 0.6) is 11.5 Å². The van der Waals surface area contributed by atoms with E-state index in [4.69, 9.17) is 14.6 Å². The molecule has 7 heteroatoms. The van der Waals surface area contributed by atoms with Gasteiger partial charge in [-0.25, -0.2) is 9.48 Å². The average molecular weight is 274 g/mol. The summed E-state index contributed by atoms with van der Waals surface area (Å²) in [5, 5.41) is 12.7. The predicted molar refractivity (Wildman–Crippen MR) is 67.8 cm³/mol. The van der Waals surface area contributed by atoms with E-state index in [0.29, 0.717) is 30.4 Å². The first-order valence-corrected chi connectivity index (χ1v) is 5.88. The van der Waals surface area contributed by atoms with Crippen LogP contribution >= 0.6 is 0 Å². The number of benzene rings is 1. The minimum absolute atomic E-state index is 0.453. The highest BCUT2D eigenvalue weighted by Crippen LogP contribution is 2.31. The Morgan fingerprint density at radius 1 is 1.20 bits per heavy atom. The zero-order valence-corrected chi connectivity index (χ0v) is 10.3. The molecule has 1 aromatic carbocycles. The molecule has 1 aliphatic heterocycles. The number of aromatic nitrogens is 2. The van der Waals surface area contributed by atoms with E-state index in [-0.39, 0.29) is 0 Å². The zero-order valence-electron chi connectivity index (χ0n) is 10.3. The summed E-state index contributed by atoms with van der Waals surface area (Å²) in [6, 6.07) is 6.26. The fourth-order valence-corrected chi connectivity index (χ4v) is 1.87. The number of aromatic carboxylic acids is 1. The van der Waals surface area contributed by atoms with Crippen LogP contribution in [-0.4, -0.2) is 34.1 Å². The Labute approximate surface area is 113 Å². The van der Waals surface area contributed by atoms with E-state index in [0.717, 1.165) is 6.07 Å². The highest BCUT2D eigenvalue weighted by atomic mass is 16.6. The second-order valence-electron chi connectivity index (χ2n) is 4.11. The van der Waals surface area contributed by atoms with Gasteiger partial charge < -0.3 is 14.6 Å². The van der Waals surface area contributed by atoms with Gasteiger partial charge in [-0.2, -0.15) is 5.10 Å². The van der Waals surface area contributed by atoms with Gasteiger partial charge in [0.15, 0.2) is 11.5 Å². The summed E-state index contributed by atoms with van der Waals surface area (Å²) in [6.45, 7) is 0.945. The lowest BCUT2D eigenvalue weighted by atomic mass is 10.2. The number of carboxylic acid groups (broad SMARTS) is 1. The standard InChI is InChI=1S/C13H10N2O5/c16-9-3-4-15(14-12(9)13(17)18)8-1-2-10-11(7-8)20-6-5-19-10/h1-4,7H,5-6H2,(H,17,18). The fourth-order valence-electron chi connectivity index (χ4n) is 1.87. The summed E-state index contributed by atoms with van der Waals surface area (Å²) in [5.41, 5.74) is -0.578. The summed E-state index contributed by atoms with van der Waals surface area (Å²) < 4.78 is 12.1. The third-order valence-corrected chi connectivity index (χ3v) is 2.80. The summed E-state index contributed by atoms with van der Waals surface area (Å²) in [7, 11) is 0. The quantitative estimate of drug-likeness (QED) is 0.867. The van der Waals surface area contributed by atoms with Gasteiger partial charge in [0.25, 0.3) is 0 Å². The number of hydrogen-bond donors (Lipinski definition) is 1. The summed E-state index contributed by atoms with van der Waals surface area (Å²) in [6.07, 6.45) is 1.40. The van der Waals surface area contributed by atoms with E-state index in [9.17, 15) is 9.59 Å². The van der Waals surface area contributed by atoms with Crippen LogP contribution < -0.4 is 14.9 Å². The van der Waals surface area contributed by atoms with Crippen LogP contribution in [0.15, 0.2) is 35.3 Å². The van der Waals surface area contributed by atoms with Crippen molar-refractivity contribution in [2.24, 2.45) is 0 Å². The summed E-state index contributed by atoms with van der Waals surface area (Å²) in [5.74, 6) is -0.174. The van der Waals surface area contributed by atoms with Crippen molar-refractivity contribution < 1.29 is 19.4 Å². The van der Waals surface area contributed by atoms with Gasteiger partial charge in [-0.15, -0.1) is 0 Å². The van der Waals surface area contributed by atoms with Crippen LogP contribution in [0.25, 0.3) is 5.69 Å². The SMILES string of the molecule is O=C(O)c1nn(-c2ccc3c(c2)OCCO3)ccc1=O. The highest BCUT2D eigenvalue weighted by molar-refractivity contribution is 5.84. The van der Waals surface area contributed by atoms with E-state index < -0.39 is 17.1 Å². The van der Waals surface area contributed by atoms with Crippen LogP contribution in [0.2, 0.25) is 0 Å². The maximum absolute atomic E-state index is 11.4. The highest BCUT2D eigenvalue weighted by Gasteiger charge is 2.14. The molecule has 0 aliphatic carbocycles. The molecular weight excluding hydrogens is 264 g/mol. The molecule has 0 saturated heterocycles. The Morgan fingerprint density at radius 3 is 2.70 bits per heavy atom. The lowest BCUT2D eigenvalue weighted by molar-refractivity contribution is 0.0687. The lowest BCUT2D eigenvalue weighted by Gasteiger charge is -2.19. The number of carbonyl (C=O) groups is 1. The minimum Gasteiger partial charge on any atom is -0.486 e. The molecule has 1 aromatic heterocycles. The smallest absolute Gasteiger partial charge is 0.360 e. The molecular formula is C13H10N2O5. The van der Waals surface area contributed by atoms with Gasteiger partial charge in [0, 0.05) is 18.3 Å². The molecule has 0 amide bonds. The van der Waals surface area contributed by atoms with Gasteiger partial charge in [0.05, 0.1) is 5.69 Å². The van der Waals surface area contributed by atoms with E-state index in [1.54, 1.807) is 18.2 Å². The molecule has 0 saturated carbocycles. The van der Waals surface area contributed by atoms with E-state index in [1.807, 2.05) is 0 Å². The molecule has 102 valence electrons. The Bertz CT molecular complexity index is 738. The van der Waals surface area contributed by atoms with Crippen molar-refractivity contribution in [3.63, 3.8) is 0 Å². The van der Waals surface area contributed by atoms with Crippen molar-refractivity contribution in [2.75, 3.05) is 13.2 Å². The van der Waals surface area contributed by atoms with Gasteiger partial charge in [-0.3, -0.25) is 4.79 Å². The van der Waals surface area contributed by atoms with E-state index in [2.05, 4.69) is 5.10 Å². The third-order valence-electron chi connectivity index (χ3n) is 2.80. The van der Waals surface area contributed by atoms with Crippen molar-refractivity contribution in [2.45, 2.75) is 0 Å². The van der Waals surface area contributed by atoms with Crippen LogP contribution in [0.3, 0.4) is 0 Å². The van der Waals surface area contributed by atoms with E-state index >= 15 is 0 Å². The number of fused-ring (bicyclic) bond motifs is 1. The molecule has 0 fully saturated rings. The molecule has 7 nitrogen and oxygen atoms in total. The third kappa shape index (κ3) is 2.09. The number of ether oxygens (including phenoxy) is 2. The molecule has 0 unspecified atom stereocenters. The first-order valence-electron chi connectivity index (χ1n) is 5.88. The number of nitrogens with zero attached hydrogens (tertiary/aromatic N) is 2. The number of rotatable bonds is 2. The Hall–Kier alpha value is -2.83. The molecule has 0 atom stereocenters. The summed E-state index contributed by atoms with van der Waals surface area (Å²) >= 11 is 0. The van der Waals surface area contributed by atoms with Gasteiger partial charge in [-0.05, 0) is 12.1 Å². The van der Waals surface area contributed by atoms with E-state index in [1.165, 1.54) is 10.9 Å². The van der Waals surface area contributed by atoms with Crippen LogP contribution in [0, 0.1) is 0 Å². The van der Waals surface area contributed by atoms with Crippen LogP contribution in [0.1, 0.15) is 10.5 Å². The number of hydrogen-bond acceptors (Lipinski definition) is 5. The first-order chi connectivity index (χ1) is 9.65. The Kier molecular flexibility index (Phi) is 2.86. The minimum atomic E-state index is -1.36. The monoisotopic (exact) mass is 274 g/mol. The predicted octanol–water partition coefficient (Wildman–Crippen LogP) is 0.702.